The summed E-state index contributed by atoms with van der Waals surface area (Å²) in [6.45, 7) is 11.6. The average molecular weight is 395 g/mol. The molecule has 5 heteroatoms. The number of pyridine rings is 1. The summed E-state index contributed by atoms with van der Waals surface area (Å²) >= 11 is 0. The number of benzene rings is 1. The molecule has 0 N–H and O–H groups in total. The van der Waals surface area contributed by atoms with Gasteiger partial charge in [-0.05, 0) is 44.0 Å². The summed E-state index contributed by atoms with van der Waals surface area (Å²) in [7, 11) is 0. The van der Waals surface area contributed by atoms with Crippen molar-refractivity contribution in [2.75, 3.05) is 57.3 Å². The van der Waals surface area contributed by atoms with E-state index in [0.717, 1.165) is 71.1 Å². The van der Waals surface area contributed by atoms with Crippen molar-refractivity contribution in [1.82, 2.24) is 14.8 Å². The largest absolute Gasteiger partial charge is 0.376 e. The van der Waals surface area contributed by atoms with Gasteiger partial charge in [0.2, 0.25) is 0 Å². The van der Waals surface area contributed by atoms with Crippen LogP contribution < -0.4 is 4.90 Å². The molecule has 0 bridgehead atoms. The van der Waals surface area contributed by atoms with Crippen LogP contribution in [0, 0.1) is 6.92 Å². The van der Waals surface area contributed by atoms with Crippen molar-refractivity contribution in [3.05, 3.63) is 59.9 Å². The lowest BCUT2D eigenvalue weighted by molar-refractivity contribution is 0.0272. The van der Waals surface area contributed by atoms with Gasteiger partial charge in [0.15, 0.2) is 0 Å². The van der Waals surface area contributed by atoms with E-state index >= 15 is 0 Å². The first-order chi connectivity index (χ1) is 14.3. The molecule has 2 fully saturated rings. The van der Waals surface area contributed by atoms with E-state index in [-0.39, 0.29) is 0 Å². The molecule has 29 heavy (non-hydrogen) atoms. The van der Waals surface area contributed by atoms with Gasteiger partial charge in [-0.3, -0.25) is 14.8 Å². The maximum Gasteiger partial charge on any atom is 0.0828 e. The predicted octanol–water partition coefficient (Wildman–Crippen LogP) is 3.19. The van der Waals surface area contributed by atoms with Crippen molar-refractivity contribution in [1.29, 1.82) is 0 Å². The lowest BCUT2D eigenvalue weighted by atomic mass is 10.2. The summed E-state index contributed by atoms with van der Waals surface area (Å²) in [5, 5.41) is 0. The van der Waals surface area contributed by atoms with Gasteiger partial charge >= 0.3 is 0 Å². The van der Waals surface area contributed by atoms with Crippen molar-refractivity contribution >= 4 is 5.69 Å². The summed E-state index contributed by atoms with van der Waals surface area (Å²) in [5.41, 5.74) is 3.79. The molecule has 0 amide bonds. The fourth-order valence-corrected chi connectivity index (χ4v) is 4.49. The third-order valence-electron chi connectivity index (χ3n) is 5.98. The van der Waals surface area contributed by atoms with Crippen molar-refractivity contribution < 1.29 is 4.74 Å². The molecule has 1 aromatic carbocycles. The Labute approximate surface area is 175 Å². The summed E-state index contributed by atoms with van der Waals surface area (Å²) in [6.07, 6.45) is 4.55. The molecule has 0 spiro atoms. The van der Waals surface area contributed by atoms with Gasteiger partial charge in [-0.15, -0.1) is 0 Å². The molecule has 2 aliphatic rings. The van der Waals surface area contributed by atoms with Crippen LogP contribution in [0.1, 0.15) is 24.1 Å². The van der Waals surface area contributed by atoms with Crippen LogP contribution in [-0.2, 0) is 11.3 Å². The maximum absolute atomic E-state index is 6.24. The van der Waals surface area contributed by atoms with Gasteiger partial charge in [0.1, 0.15) is 0 Å². The maximum atomic E-state index is 6.24. The normalized spacial score (nSPS) is 22.2. The van der Waals surface area contributed by atoms with E-state index in [0.29, 0.717) is 6.10 Å². The molecule has 0 aliphatic carbocycles. The Bertz CT molecular complexity index is 754. The van der Waals surface area contributed by atoms with E-state index in [9.17, 15) is 0 Å². The zero-order chi connectivity index (χ0) is 19.9. The molecular formula is C24H34N4O. The van der Waals surface area contributed by atoms with E-state index in [2.05, 4.69) is 69.1 Å². The Balaban J connectivity index is 1.31. The minimum Gasteiger partial charge on any atom is -0.376 e. The van der Waals surface area contributed by atoms with Crippen molar-refractivity contribution in [2.24, 2.45) is 0 Å². The number of hydrogen-bond donors (Lipinski definition) is 0. The van der Waals surface area contributed by atoms with Gasteiger partial charge in [-0.2, -0.15) is 0 Å². The predicted molar refractivity (Wildman–Crippen MR) is 118 cm³/mol. The molecule has 2 aliphatic heterocycles. The fourth-order valence-electron chi connectivity index (χ4n) is 4.49. The monoisotopic (exact) mass is 394 g/mol. The minimum atomic E-state index is 0.302. The van der Waals surface area contributed by atoms with E-state index in [1.165, 1.54) is 17.7 Å². The zero-order valence-corrected chi connectivity index (χ0v) is 17.7. The second kappa shape index (κ2) is 10.2. The quantitative estimate of drug-likeness (QED) is 0.778. The molecule has 0 radical (unpaired) electrons. The zero-order valence-electron chi connectivity index (χ0n) is 17.7. The van der Waals surface area contributed by atoms with E-state index in [1.54, 1.807) is 0 Å². The highest BCUT2D eigenvalue weighted by atomic mass is 16.5. The Kier molecular flexibility index (Phi) is 7.14. The van der Waals surface area contributed by atoms with E-state index in [1.807, 2.05) is 6.20 Å². The Hall–Kier alpha value is -1.95. The highest BCUT2D eigenvalue weighted by molar-refractivity contribution is 5.46. The van der Waals surface area contributed by atoms with Crippen molar-refractivity contribution in [3.63, 3.8) is 0 Å². The van der Waals surface area contributed by atoms with Crippen LogP contribution in [-0.4, -0.2) is 73.3 Å². The second-order valence-electron chi connectivity index (χ2n) is 8.36. The van der Waals surface area contributed by atoms with Crippen molar-refractivity contribution in [3.8, 4) is 0 Å². The molecule has 156 valence electrons. The number of hydrogen-bond acceptors (Lipinski definition) is 5. The number of rotatable bonds is 5. The molecule has 0 saturated carbocycles. The number of aryl methyl sites for hydroxylation is 1. The van der Waals surface area contributed by atoms with Gasteiger partial charge in [-0.1, -0.05) is 30.3 Å². The summed E-state index contributed by atoms with van der Waals surface area (Å²) < 4.78 is 6.24. The second-order valence-corrected chi connectivity index (χ2v) is 8.36. The average Bonchev–Trinajstić information content (AvgIpc) is 3.10. The summed E-state index contributed by atoms with van der Waals surface area (Å²) in [5.74, 6) is 0. The Morgan fingerprint density at radius 1 is 0.966 bits per heavy atom. The van der Waals surface area contributed by atoms with Crippen LogP contribution in [0.2, 0.25) is 0 Å². The van der Waals surface area contributed by atoms with Gasteiger partial charge in [-0.25, -0.2) is 0 Å². The first-order valence-electron chi connectivity index (χ1n) is 11.0. The van der Waals surface area contributed by atoms with Crippen LogP contribution in [0.4, 0.5) is 5.69 Å². The molecular weight excluding hydrogens is 360 g/mol. The molecule has 4 rings (SSSR count). The number of aromatic nitrogens is 1. The molecule has 1 aromatic heterocycles. The van der Waals surface area contributed by atoms with Crippen LogP contribution in [0.5, 0.6) is 0 Å². The van der Waals surface area contributed by atoms with E-state index in [4.69, 9.17) is 4.74 Å². The SMILES string of the molecule is Cc1cc(N2CCCN(C[C@H]3CN(Cc4ccccc4)CCCO3)CC2)ccn1. The molecule has 2 saturated heterocycles. The van der Waals surface area contributed by atoms with Crippen LogP contribution >= 0.6 is 0 Å². The lowest BCUT2D eigenvalue weighted by Crippen LogP contribution is -2.41. The van der Waals surface area contributed by atoms with Crippen LogP contribution in [0.3, 0.4) is 0 Å². The third kappa shape index (κ3) is 6.01. The molecule has 5 nitrogen and oxygen atoms in total. The standard InChI is InChI=1S/C24H34N4O/c1-21-17-23(9-10-25-21)28-13-5-11-26(14-15-28)19-24-20-27(12-6-16-29-24)18-22-7-3-2-4-8-22/h2-4,7-10,17,24H,5-6,11-16,18-20H2,1H3/t24-/m0/s1. The fraction of sp³-hybridized carbons (Fsp3) is 0.542. The van der Waals surface area contributed by atoms with Crippen LogP contribution in [0.25, 0.3) is 0 Å². The topological polar surface area (TPSA) is 31.8 Å². The van der Waals surface area contributed by atoms with Gasteiger partial charge in [0.25, 0.3) is 0 Å². The molecule has 0 unspecified atom stereocenters. The summed E-state index contributed by atoms with van der Waals surface area (Å²) in [6, 6.07) is 15.1. The van der Waals surface area contributed by atoms with Gasteiger partial charge < -0.3 is 9.64 Å². The minimum absolute atomic E-state index is 0.302. The Morgan fingerprint density at radius 3 is 2.69 bits per heavy atom. The third-order valence-corrected chi connectivity index (χ3v) is 5.98. The Morgan fingerprint density at radius 2 is 1.83 bits per heavy atom. The van der Waals surface area contributed by atoms with E-state index < -0.39 is 0 Å². The molecule has 3 heterocycles. The van der Waals surface area contributed by atoms with Crippen molar-refractivity contribution in [2.45, 2.75) is 32.4 Å². The lowest BCUT2D eigenvalue weighted by Gasteiger charge is -2.29. The first-order valence-corrected chi connectivity index (χ1v) is 11.0. The molecule has 1 atom stereocenters. The number of ether oxygens (including phenoxy) is 1. The van der Waals surface area contributed by atoms with Gasteiger partial charge in [0.05, 0.1) is 6.10 Å². The van der Waals surface area contributed by atoms with Gasteiger partial charge in [0, 0.05) is 70.0 Å². The highest BCUT2D eigenvalue weighted by Gasteiger charge is 2.23. The van der Waals surface area contributed by atoms with Crippen LogP contribution in [0.15, 0.2) is 48.7 Å². The highest BCUT2D eigenvalue weighted by Crippen LogP contribution is 2.18. The molecule has 2 aromatic rings. The number of nitrogens with zero attached hydrogens (tertiary/aromatic N) is 4. The number of anilines is 1. The summed E-state index contributed by atoms with van der Waals surface area (Å²) in [4.78, 5) is 12.0. The smallest absolute Gasteiger partial charge is 0.0828 e. The first kappa shape index (κ1) is 20.3.